The Hall–Kier alpha value is -9.59. The highest BCUT2D eigenvalue weighted by atomic mass is 15.2. The molecule has 326 valence electrons. The van der Waals surface area contributed by atoms with Crippen molar-refractivity contribution in [2.24, 2.45) is 0 Å². The second-order valence-electron chi connectivity index (χ2n) is 18.0. The van der Waals surface area contributed by atoms with Gasteiger partial charge in [-0.15, -0.1) is 0 Å². The molecule has 0 spiro atoms. The molecule has 0 unspecified atom stereocenters. The molecule has 7 heteroatoms. The minimum absolute atomic E-state index is 0.538. The van der Waals surface area contributed by atoms with E-state index in [4.69, 9.17) is 15.0 Å². The fourth-order valence-corrected chi connectivity index (χ4v) is 11.3. The van der Waals surface area contributed by atoms with E-state index < -0.39 is 0 Å². The average molecular weight is 894 g/mol. The largest absolute Gasteiger partial charge is 0.309 e. The van der Waals surface area contributed by atoms with Crippen LogP contribution >= 0.6 is 0 Å². The minimum atomic E-state index is 0.538. The zero-order valence-electron chi connectivity index (χ0n) is 37.6. The SMILES string of the molecule is c1ccc(-c2nc(-c3ccc(-n4c5ccccc5c5ccccc54)cc3)nc(-n3c4ccccc4c4c3cc(-n3c5ccccc5c5ccccc53)c3c5ccccc5n(-c5ccccc5)c34)n2)cc1. The van der Waals surface area contributed by atoms with Crippen LogP contribution in [0.1, 0.15) is 0 Å². The van der Waals surface area contributed by atoms with E-state index in [0.717, 1.165) is 83.1 Å². The van der Waals surface area contributed by atoms with Crippen molar-refractivity contribution in [1.82, 2.24) is 33.2 Å². The van der Waals surface area contributed by atoms with Crippen LogP contribution in [0.2, 0.25) is 0 Å². The Balaban J connectivity index is 1.05. The zero-order valence-corrected chi connectivity index (χ0v) is 37.6. The normalized spacial score (nSPS) is 12.0. The third-order valence-corrected chi connectivity index (χ3v) is 14.2. The zero-order chi connectivity index (χ0) is 45.9. The van der Waals surface area contributed by atoms with Gasteiger partial charge in [-0.2, -0.15) is 9.97 Å². The summed E-state index contributed by atoms with van der Waals surface area (Å²) in [6.45, 7) is 0. The highest BCUT2D eigenvalue weighted by Gasteiger charge is 2.27. The highest BCUT2D eigenvalue weighted by molar-refractivity contribution is 6.29. The summed E-state index contributed by atoms with van der Waals surface area (Å²) in [5, 5.41) is 9.44. The maximum Gasteiger partial charge on any atom is 0.238 e. The number of benzene rings is 10. The minimum Gasteiger partial charge on any atom is -0.309 e. The number of nitrogens with zero attached hydrogens (tertiary/aromatic N) is 7. The lowest BCUT2D eigenvalue weighted by atomic mass is 10.0. The molecule has 7 nitrogen and oxygen atoms in total. The third-order valence-electron chi connectivity index (χ3n) is 14.2. The summed E-state index contributed by atoms with van der Waals surface area (Å²) in [5.74, 6) is 1.72. The van der Waals surface area contributed by atoms with Gasteiger partial charge in [-0.3, -0.25) is 4.57 Å². The van der Waals surface area contributed by atoms with E-state index in [2.05, 4.69) is 237 Å². The number of rotatable bonds is 6. The molecule has 5 heterocycles. The van der Waals surface area contributed by atoms with E-state index in [-0.39, 0.29) is 0 Å². The van der Waals surface area contributed by atoms with Crippen LogP contribution in [0.3, 0.4) is 0 Å². The number of hydrogen-bond donors (Lipinski definition) is 0. The molecule has 0 fully saturated rings. The summed E-state index contributed by atoms with van der Waals surface area (Å²) in [6, 6.07) is 84.3. The summed E-state index contributed by atoms with van der Waals surface area (Å²) in [5.41, 5.74) is 13.9. The number of hydrogen-bond acceptors (Lipinski definition) is 3. The van der Waals surface area contributed by atoms with Gasteiger partial charge in [0.25, 0.3) is 0 Å². The Labute approximate surface area is 401 Å². The molecule has 0 bridgehead atoms. The molecule has 10 aromatic carbocycles. The van der Waals surface area contributed by atoms with Crippen molar-refractivity contribution in [3.8, 4) is 45.8 Å². The molecule has 5 aromatic heterocycles. The van der Waals surface area contributed by atoms with Crippen LogP contribution in [0.15, 0.2) is 237 Å². The topological polar surface area (TPSA) is 58.4 Å². The van der Waals surface area contributed by atoms with Crippen LogP contribution in [0.5, 0.6) is 0 Å². The maximum atomic E-state index is 5.48. The molecular weight excluding hydrogens is 855 g/mol. The van der Waals surface area contributed by atoms with Crippen LogP contribution in [-0.4, -0.2) is 33.2 Å². The monoisotopic (exact) mass is 893 g/mol. The maximum absolute atomic E-state index is 5.48. The van der Waals surface area contributed by atoms with Gasteiger partial charge < -0.3 is 13.7 Å². The predicted molar refractivity (Wildman–Crippen MR) is 288 cm³/mol. The first-order valence-corrected chi connectivity index (χ1v) is 23.7. The third kappa shape index (κ3) is 5.54. The van der Waals surface area contributed by atoms with Gasteiger partial charge in [0, 0.05) is 65.6 Å². The number of para-hydroxylation sites is 7. The summed E-state index contributed by atoms with van der Waals surface area (Å²) >= 11 is 0. The van der Waals surface area contributed by atoms with E-state index in [1.165, 1.54) is 32.3 Å². The molecule has 0 radical (unpaired) electrons. The summed E-state index contributed by atoms with van der Waals surface area (Å²) < 4.78 is 9.51. The summed E-state index contributed by atoms with van der Waals surface area (Å²) in [6.07, 6.45) is 0. The van der Waals surface area contributed by atoms with Gasteiger partial charge in [0.05, 0.1) is 49.8 Å². The smallest absolute Gasteiger partial charge is 0.238 e. The van der Waals surface area contributed by atoms with E-state index in [9.17, 15) is 0 Å². The lowest BCUT2D eigenvalue weighted by Crippen LogP contribution is -2.07. The van der Waals surface area contributed by atoms with Crippen LogP contribution < -0.4 is 0 Å². The molecular formula is C63H39N7. The standard InChI is InChI=1S/C63H39N7/c1-3-19-40(20-4-1)61-64-62(41-35-37-43(38-36-41)67-50-29-13-7-23-44(50)45-24-8-14-30-51(45)67)66-63(65-61)70-55-34-18-12-28-49(55)59-57(70)39-56(69-52-31-15-9-25-46(52)47-26-10-16-32-53(47)69)58-48-27-11-17-33-54(48)68(60(58)59)42-21-5-2-6-22-42/h1-39H. The van der Waals surface area contributed by atoms with Gasteiger partial charge in [-0.25, -0.2) is 4.98 Å². The molecule has 0 atom stereocenters. The van der Waals surface area contributed by atoms with Crippen LogP contribution in [0.4, 0.5) is 0 Å². The van der Waals surface area contributed by atoms with Gasteiger partial charge >= 0.3 is 0 Å². The quantitative estimate of drug-likeness (QED) is 0.167. The molecule has 0 aliphatic rings. The molecule has 0 N–H and O–H groups in total. The van der Waals surface area contributed by atoms with E-state index in [1.54, 1.807) is 0 Å². The van der Waals surface area contributed by atoms with E-state index in [1.807, 2.05) is 18.2 Å². The van der Waals surface area contributed by atoms with Gasteiger partial charge in [0.1, 0.15) is 0 Å². The van der Waals surface area contributed by atoms with Crippen molar-refractivity contribution in [3.63, 3.8) is 0 Å². The molecule has 0 saturated heterocycles. The van der Waals surface area contributed by atoms with Crippen molar-refractivity contribution < 1.29 is 0 Å². The van der Waals surface area contributed by atoms with E-state index in [0.29, 0.717) is 17.6 Å². The first-order valence-electron chi connectivity index (χ1n) is 23.7. The first kappa shape index (κ1) is 38.5. The molecule has 15 aromatic rings. The predicted octanol–water partition coefficient (Wildman–Crippen LogP) is 15.6. The average Bonchev–Trinajstić information content (AvgIpc) is 4.16. The van der Waals surface area contributed by atoms with Crippen molar-refractivity contribution >= 4 is 87.2 Å². The lowest BCUT2D eigenvalue weighted by Gasteiger charge is -2.15. The fourth-order valence-electron chi connectivity index (χ4n) is 11.3. The summed E-state index contributed by atoms with van der Waals surface area (Å²) in [4.78, 5) is 16.1. The molecule has 15 rings (SSSR count). The van der Waals surface area contributed by atoms with Gasteiger partial charge in [-0.1, -0.05) is 158 Å². The van der Waals surface area contributed by atoms with Crippen LogP contribution in [-0.2, 0) is 0 Å². The molecule has 0 aliphatic carbocycles. The fraction of sp³-hybridized carbons (Fsp3) is 0. The summed E-state index contributed by atoms with van der Waals surface area (Å²) in [7, 11) is 0. The highest BCUT2D eigenvalue weighted by Crippen LogP contribution is 2.46. The molecule has 0 amide bonds. The second-order valence-corrected chi connectivity index (χ2v) is 18.0. The van der Waals surface area contributed by atoms with Crippen molar-refractivity contribution in [1.29, 1.82) is 0 Å². The Morgan fingerprint density at radius 3 is 1.17 bits per heavy atom. The Bertz CT molecular complexity index is 4470. The van der Waals surface area contributed by atoms with Crippen LogP contribution in [0, 0.1) is 0 Å². The number of aromatic nitrogens is 7. The lowest BCUT2D eigenvalue weighted by molar-refractivity contribution is 0.953. The first-order chi connectivity index (χ1) is 34.8. The molecule has 0 saturated carbocycles. The van der Waals surface area contributed by atoms with Crippen LogP contribution in [0.25, 0.3) is 133 Å². The number of fused-ring (bicyclic) bond motifs is 13. The molecule has 70 heavy (non-hydrogen) atoms. The van der Waals surface area contributed by atoms with E-state index >= 15 is 0 Å². The van der Waals surface area contributed by atoms with Crippen molar-refractivity contribution in [2.45, 2.75) is 0 Å². The Morgan fingerprint density at radius 2 is 0.643 bits per heavy atom. The Kier molecular flexibility index (Phi) is 8.23. The van der Waals surface area contributed by atoms with Gasteiger partial charge in [0.15, 0.2) is 11.6 Å². The van der Waals surface area contributed by atoms with Crippen molar-refractivity contribution in [2.75, 3.05) is 0 Å². The Morgan fingerprint density at radius 1 is 0.257 bits per heavy atom. The van der Waals surface area contributed by atoms with Gasteiger partial charge in [0.2, 0.25) is 5.95 Å². The molecule has 0 aliphatic heterocycles. The van der Waals surface area contributed by atoms with Crippen molar-refractivity contribution in [3.05, 3.63) is 237 Å². The second kappa shape index (κ2) is 15.0. The van der Waals surface area contributed by atoms with Gasteiger partial charge in [-0.05, 0) is 78.9 Å².